The van der Waals surface area contributed by atoms with Crippen LogP contribution in [0.2, 0.25) is 0 Å². The van der Waals surface area contributed by atoms with Crippen LogP contribution >= 0.6 is 15.9 Å². The molecule has 1 amide bonds. The average Bonchev–Trinajstić information content (AvgIpc) is 2.37. The zero-order valence-electron chi connectivity index (χ0n) is 11.8. The third kappa shape index (κ3) is 5.09. The van der Waals surface area contributed by atoms with E-state index < -0.39 is 9.84 Å². The first kappa shape index (κ1) is 16.5. The molecule has 2 rings (SSSR count). The lowest BCUT2D eigenvalue weighted by Crippen LogP contribution is -2.47. The van der Waals surface area contributed by atoms with Crippen LogP contribution in [-0.2, 0) is 14.6 Å². The summed E-state index contributed by atoms with van der Waals surface area (Å²) in [5.74, 6) is 0.0491. The summed E-state index contributed by atoms with van der Waals surface area (Å²) in [6, 6.07) is 7.34. The maximum absolute atomic E-state index is 12.0. The molecule has 1 saturated heterocycles. The number of carbonyl (C=O) groups excluding carboxylic acids is 1. The molecule has 0 spiro atoms. The lowest BCUT2D eigenvalue weighted by molar-refractivity contribution is -0.122. The van der Waals surface area contributed by atoms with Crippen LogP contribution in [0, 0.1) is 0 Å². The van der Waals surface area contributed by atoms with E-state index in [1.54, 1.807) is 0 Å². The molecular weight excluding hydrogens is 356 g/mol. The standard InChI is InChI=1S/C14H19BrN2O3S/c1-10(11-2-4-12(15)5-3-11)17-14(18)8-13-9-21(19,20)7-6-16-13/h2-5,10,13,16H,6-9H2,1H3,(H,17,18)/t10-,13?/m0/s1. The number of halogens is 1. The van der Waals surface area contributed by atoms with Gasteiger partial charge in [0, 0.05) is 23.5 Å². The van der Waals surface area contributed by atoms with E-state index in [-0.39, 0.29) is 35.9 Å². The van der Waals surface area contributed by atoms with Gasteiger partial charge in [-0.25, -0.2) is 8.42 Å². The Balaban J connectivity index is 1.88. The fourth-order valence-electron chi connectivity index (χ4n) is 2.36. The van der Waals surface area contributed by atoms with Crippen LogP contribution in [0.15, 0.2) is 28.7 Å². The Hall–Kier alpha value is -0.920. The van der Waals surface area contributed by atoms with Gasteiger partial charge in [0.2, 0.25) is 5.91 Å². The van der Waals surface area contributed by atoms with Crippen LogP contribution in [-0.4, -0.2) is 38.4 Å². The van der Waals surface area contributed by atoms with E-state index in [1.165, 1.54) is 0 Å². The minimum absolute atomic E-state index is 0.0348. The first-order chi connectivity index (χ1) is 9.85. The van der Waals surface area contributed by atoms with Crippen molar-refractivity contribution in [3.8, 4) is 0 Å². The summed E-state index contributed by atoms with van der Waals surface area (Å²) < 4.78 is 24.1. The molecular formula is C14H19BrN2O3S. The minimum Gasteiger partial charge on any atom is -0.350 e. The second kappa shape index (κ2) is 6.89. The Morgan fingerprint density at radius 2 is 2.10 bits per heavy atom. The Labute approximate surface area is 133 Å². The van der Waals surface area contributed by atoms with E-state index in [0.29, 0.717) is 6.54 Å². The molecule has 1 fully saturated rings. The molecule has 2 atom stereocenters. The molecule has 1 unspecified atom stereocenters. The summed E-state index contributed by atoms with van der Waals surface area (Å²) in [6.07, 6.45) is 0.181. The van der Waals surface area contributed by atoms with E-state index in [2.05, 4.69) is 26.6 Å². The summed E-state index contributed by atoms with van der Waals surface area (Å²) in [5, 5.41) is 5.98. The van der Waals surface area contributed by atoms with Crippen molar-refractivity contribution < 1.29 is 13.2 Å². The Kier molecular flexibility index (Phi) is 5.40. The lowest BCUT2D eigenvalue weighted by atomic mass is 10.1. The van der Waals surface area contributed by atoms with Crippen LogP contribution in [0.25, 0.3) is 0 Å². The number of hydrogen-bond donors (Lipinski definition) is 2. The van der Waals surface area contributed by atoms with Crippen molar-refractivity contribution in [2.45, 2.75) is 25.4 Å². The molecule has 116 valence electrons. The Morgan fingerprint density at radius 3 is 2.71 bits per heavy atom. The first-order valence-corrected chi connectivity index (χ1v) is 9.46. The summed E-state index contributed by atoms with van der Waals surface area (Å²) in [5.41, 5.74) is 1.01. The molecule has 1 aliphatic heterocycles. The topological polar surface area (TPSA) is 75.3 Å². The number of rotatable bonds is 4. The van der Waals surface area contributed by atoms with Gasteiger partial charge in [0.05, 0.1) is 17.5 Å². The van der Waals surface area contributed by atoms with Crippen molar-refractivity contribution in [1.29, 1.82) is 0 Å². The van der Waals surface area contributed by atoms with Crippen molar-refractivity contribution in [2.24, 2.45) is 0 Å². The third-order valence-corrected chi connectivity index (χ3v) is 5.75. The molecule has 1 aromatic rings. The molecule has 2 N–H and O–H groups in total. The monoisotopic (exact) mass is 374 g/mol. The quantitative estimate of drug-likeness (QED) is 0.835. The summed E-state index contributed by atoms with van der Waals surface area (Å²) in [4.78, 5) is 12.0. The number of hydrogen-bond acceptors (Lipinski definition) is 4. The number of benzene rings is 1. The van der Waals surface area contributed by atoms with Crippen molar-refractivity contribution >= 4 is 31.7 Å². The Bertz CT molecular complexity index is 601. The van der Waals surface area contributed by atoms with E-state index in [1.807, 2.05) is 31.2 Å². The van der Waals surface area contributed by atoms with Crippen molar-refractivity contribution in [1.82, 2.24) is 10.6 Å². The number of amides is 1. The van der Waals surface area contributed by atoms with Gasteiger partial charge in [-0.15, -0.1) is 0 Å². The maximum Gasteiger partial charge on any atom is 0.222 e. The van der Waals surface area contributed by atoms with Crippen molar-refractivity contribution in [3.05, 3.63) is 34.3 Å². The molecule has 0 aromatic heterocycles. The summed E-state index contributed by atoms with van der Waals surface area (Å²) in [6.45, 7) is 2.33. The maximum atomic E-state index is 12.0. The molecule has 7 heteroatoms. The van der Waals surface area contributed by atoms with Crippen molar-refractivity contribution in [3.63, 3.8) is 0 Å². The zero-order chi connectivity index (χ0) is 15.5. The van der Waals surface area contributed by atoms with Gasteiger partial charge in [0.15, 0.2) is 9.84 Å². The van der Waals surface area contributed by atoms with Crippen LogP contribution in [0.3, 0.4) is 0 Å². The van der Waals surface area contributed by atoms with E-state index in [9.17, 15) is 13.2 Å². The van der Waals surface area contributed by atoms with Gasteiger partial charge < -0.3 is 10.6 Å². The van der Waals surface area contributed by atoms with Gasteiger partial charge in [-0.1, -0.05) is 28.1 Å². The number of nitrogens with one attached hydrogen (secondary N) is 2. The number of sulfone groups is 1. The molecule has 0 radical (unpaired) electrons. The van der Waals surface area contributed by atoms with Crippen molar-refractivity contribution in [2.75, 3.05) is 18.1 Å². The van der Waals surface area contributed by atoms with Crippen LogP contribution in [0.4, 0.5) is 0 Å². The Morgan fingerprint density at radius 1 is 1.43 bits per heavy atom. The molecule has 1 aromatic carbocycles. The normalized spacial score (nSPS) is 22.5. The highest BCUT2D eigenvalue weighted by molar-refractivity contribution is 9.10. The predicted octanol–water partition coefficient (Wildman–Crippen LogP) is 1.40. The minimum atomic E-state index is -3.01. The second-order valence-corrected chi connectivity index (χ2v) is 8.45. The van der Waals surface area contributed by atoms with Gasteiger partial charge in [0.1, 0.15) is 0 Å². The fraction of sp³-hybridized carbons (Fsp3) is 0.500. The van der Waals surface area contributed by atoms with E-state index in [4.69, 9.17) is 0 Å². The molecule has 0 aliphatic carbocycles. The molecule has 0 bridgehead atoms. The highest BCUT2D eigenvalue weighted by Crippen LogP contribution is 2.16. The van der Waals surface area contributed by atoms with Gasteiger partial charge in [-0.2, -0.15) is 0 Å². The molecule has 0 saturated carbocycles. The highest BCUT2D eigenvalue weighted by Gasteiger charge is 2.26. The van der Waals surface area contributed by atoms with Gasteiger partial charge >= 0.3 is 0 Å². The van der Waals surface area contributed by atoms with E-state index in [0.717, 1.165) is 10.0 Å². The lowest BCUT2D eigenvalue weighted by Gasteiger charge is -2.24. The largest absolute Gasteiger partial charge is 0.350 e. The molecule has 5 nitrogen and oxygen atoms in total. The third-order valence-electron chi connectivity index (χ3n) is 3.48. The smallest absolute Gasteiger partial charge is 0.222 e. The second-order valence-electron chi connectivity index (χ2n) is 5.31. The van der Waals surface area contributed by atoms with Gasteiger partial charge in [0.25, 0.3) is 0 Å². The first-order valence-electron chi connectivity index (χ1n) is 6.84. The highest BCUT2D eigenvalue weighted by atomic mass is 79.9. The van der Waals surface area contributed by atoms with Crippen LogP contribution < -0.4 is 10.6 Å². The van der Waals surface area contributed by atoms with Crippen LogP contribution in [0.1, 0.15) is 24.9 Å². The summed E-state index contributed by atoms with van der Waals surface area (Å²) >= 11 is 3.37. The molecule has 1 aliphatic rings. The SMILES string of the molecule is C[C@H](NC(=O)CC1CS(=O)(=O)CCN1)c1ccc(Br)cc1. The van der Waals surface area contributed by atoms with Crippen LogP contribution in [0.5, 0.6) is 0 Å². The van der Waals surface area contributed by atoms with Gasteiger partial charge in [-0.05, 0) is 24.6 Å². The fourth-order valence-corrected chi connectivity index (χ4v) is 4.07. The van der Waals surface area contributed by atoms with E-state index >= 15 is 0 Å². The molecule has 21 heavy (non-hydrogen) atoms. The van der Waals surface area contributed by atoms with Gasteiger partial charge in [-0.3, -0.25) is 4.79 Å². The zero-order valence-corrected chi connectivity index (χ0v) is 14.2. The number of carbonyl (C=O) groups is 1. The summed E-state index contributed by atoms with van der Waals surface area (Å²) in [7, 11) is -3.01. The molecule has 1 heterocycles. The average molecular weight is 375 g/mol. The predicted molar refractivity (Wildman–Crippen MR) is 85.8 cm³/mol.